The zero-order chi connectivity index (χ0) is 85.5. The lowest BCUT2D eigenvalue weighted by molar-refractivity contribution is -0.132. The minimum absolute atomic E-state index is 0.00819. The van der Waals surface area contributed by atoms with Crippen LogP contribution in [0.4, 0.5) is 0 Å². The number of carbonyl (C=O) groups is 15. The van der Waals surface area contributed by atoms with E-state index >= 15 is 0 Å². The van der Waals surface area contributed by atoms with Crippen molar-refractivity contribution >= 4 is 88.4 Å². The van der Waals surface area contributed by atoms with Crippen molar-refractivity contribution in [1.82, 2.24) is 104 Å². The molecule has 0 heterocycles. The maximum atomic E-state index is 14.3. The molecule has 0 aromatic rings. The molecule has 13 amide bonds. The van der Waals surface area contributed by atoms with Crippen molar-refractivity contribution in [3.8, 4) is 0 Å². The fourth-order valence-corrected chi connectivity index (χ4v) is 11.0. The lowest BCUT2D eigenvalue weighted by Gasteiger charge is -2.27. The molecule has 43 heteroatoms. The van der Waals surface area contributed by atoms with E-state index in [1.54, 1.807) is 11.8 Å². The Hall–Kier alpha value is -8.15. The summed E-state index contributed by atoms with van der Waals surface area (Å²) in [6.07, 6.45) is 2.40. The number of Topliss-reactive ketones (excluding diaryl/α,β-unsaturated/α-hetero) is 2. The number of nitrogens with one attached hydrogen (secondary N) is 13. The first-order chi connectivity index (χ1) is 55.3. The summed E-state index contributed by atoms with van der Waals surface area (Å²) < 4.78 is 0. The Kier molecular flexibility index (Phi) is 67.2. The molecular weight excluding hydrogens is 1500 g/mol. The number of nitrogens with zero attached hydrogens (tertiary/aromatic N) is 7. The highest BCUT2D eigenvalue weighted by Gasteiger charge is 2.23. The molecule has 0 radical (unpaired) electrons. The summed E-state index contributed by atoms with van der Waals surface area (Å²) in [5.41, 5.74) is 47.3. The van der Waals surface area contributed by atoms with E-state index in [2.05, 4.69) is 69.2 Å². The summed E-state index contributed by atoms with van der Waals surface area (Å²) in [7, 11) is 0. The minimum atomic E-state index is -0.689. The standard InChI is InChI=1S/C72H144N28O15/c1-2-5-60(103)91-57-99(55-72(115)93-100(49-9-59(102)7-4-38-94(40-10-61(104)81-28-21-74)41-11-62(105)82-29-22-75)50-19-70(113)90-35-51-95(39-8-58(101)6-3-20-73)42-12-63(106)83-30-23-76)54-71(114)92-56-98(47-17-68(111)88-36-52-96(43-13-64(107)84-31-24-77)44-14-65(108)85-32-25-78)48-18-69(112)89-37-53-97(45-15-66(109)86-33-26-79)46-16-67(110)87-34-27-80/h2-57,73-80H2,1H3,(H,81,104)(H,82,105)(H,83,106)(H,84,107)(H,85,108)(H,86,109)(H,87,110)(H,88,111)(H,89,112)(H,90,113)(H,91,103)(H,92,114)(H,93,115). The average molecular weight is 1640 g/mol. The molecule has 0 fully saturated rings. The van der Waals surface area contributed by atoms with Gasteiger partial charge in [0, 0.05) is 306 Å². The summed E-state index contributed by atoms with van der Waals surface area (Å²) in [5.74, 6) is -4.71. The Balaban J connectivity index is 6.98. The van der Waals surface area contributed by atoms with Crippen molar-refractivity contribution in [2.75, 3.05) is 249 Å². The molecule has 0 aliphatic carbocycles. The van der Waals surface area contributed by atoms with Crippen LogP contribution < -0.4 is 115 Å². The van der Waals surface area contributed by atoms with Gasteiger partial charge in [0.2, 0.25) is 76.8 Å². The van der Waals surface area contributed by atoms with Crippen LogP contribution in [0.3, 0.4) is 0 Å². The Bertz CT molecular complexity index is 2540. The van der Waals surface area contributed by atoms with Crippen LogP contribution in [-0.2, 0) is 71.9 Å². The van der Waals surface area contributed by atoms with Gasteiger partial charge < -0.3 is 129 Å². The van der Waals surface area contributed by atoms with Gasteiger partial charge in [0.1, 0.15) is 11.6 Å². The number of hydrogen-bond donors (Lipinski definition) is 21. The van der Waals surface area contributed by atoms with Crippen molar-refractivity contribution in [3.63, 3.8) is 0 Å². The third-order valence-electron chi connectivity index (χ3n) is 17.5. The number of hydrogen-bond acceptors (Lipinski definition) is 30. The van der Waals surface area contributed by atoms with Crippen molar-refractivity contribution < 1.29 is 71.9 Å². The van der Waals surface area contributed by atoms with Gasteiger partial charge in [-0.2, -0.15) is 0 Å². The number of nitrogens with two attached hydrogens (primary N) is 8. The molecule has 0 rings (SSSR count). The number of rotatable bonds is 77. The van der Waals surface area contributed by atoms with Gasteiger partial charge in [-0.3, -0.25) is 87.1 Å². The average Bonchev–Trinajstić information content (AvgIpc) is 0.916. The van der Waals surface area contributed by atoms with Crippen LogP contribution in [0.5, 0.6) is 0 Å². The van der Waals surface area contributed by atoms with E-state index in [1.165, 1.54) is 9.91 Å². The molecule has 0 bridgehead atoms. The maximum Gasteiger partial charge on any atom is 0.248 e. The van der Waals surface area contributed by atoms with Gasteiger partial charge in [-0.15, -0.1) is 0 Å². The zero-order valence-electron chi connectivity index (χ0n) is 68.5. The van der Waals surface area contributed by atoms with Crippen LogP contribution in [0.2, 0.25) is 0 Å². The quantitative estimate of drug-likeness (QED) is 0.0199. The molecule has 662 valence electrons. The maximum absolute atomic E-state index is 14.3. The summed E-state index contributed by atoms with van der Waals surface area (Å²) in [6, 6.07) is 0. The van der Waals surface area contributed by atoms with Crippen LogP contribution in [0, 0.1) is 0 Å². The normalized spacial score (nSPS) is 11.2. The Morgan fingerprint density at radius 3 is 0.774 bits per heavy atom. The molecule has 0 unspecified atom stereocenters. The largest absolute Gasteiger partial charge is 0.355 e. The lowest BCUT2D eigenvalue weighted by Crippen LogP contribution is -2.52. The summed E-state index contributed by atoms with van der Waals surface area (Å²) in [4.78, 5) is 207. The van der Waals surface area contributed by atoms with Crippen molar-refractivity contribution in [2.45, 2.75) is 122 Å². The predicted octanol–water partition coefficient (Wildman–Crippen LogP) is -10.7. The molecule has 115 heavy (non-hydrogen) atoms. The second kappa shape index (κ2) is 72.3. The van der Waals surface area contributed by atoms with Gasteiger partial charge in [0.05, 0.1) is 26.4 Å². The van der Waals surface area contributed by atoms with E-state index in [-0.39, 0.29) is 326 Å². The predicted molar refractivity (Wildman–Crippen MR) is 436 cm³/mol. The third-order valence-corrected chi connectivity index (χ3v) is 17.5. The van der Waals surface area contributed by atoms with E-state index in [0.29, 0.717) is 84.6 Å². The highest BCUT2D eigenvalue weighted by Crippen LogP contribution is 2.07. The van der Waals surface area contributed by atoms with Gasteiger partial charge in [-0.05, 0) is 32.4 Å². The van der Waals surface area contributed by atoms with Gasteiger partial charge in [0.25, 0.3) is 0 Å². The van der Waals surface area contributed by atoms with Crippen molar-refractivity contribution in [3.05, 3.63) is 0 Å². The van der Waals surface area contributed by atoms with Gasteiger partial charge in [0.15, 0.2) is 0 Å². The fraction of sp³-hybridized carbons (Fsp3) is 0.792. The molecular formula is C72H144N28O15. The lowest BCUT2D eigenvalue weighted by atomic mass is 10.1. The topological polar surface area (TPSA) is 643 Å². The van der Waals surface area contributed by atoms with Crippen LogP contribution in [0.15, 0.2) is 0 Å². The SMILES string of the molecule is CCCC(=O)NCN(CC(=O)NCN(CCC(=O)NCCN(CCC(=O)NCCN)CCC(=O)NCCN)CCC(=O)NCCN(CCC(=O)NCCN)CCC(=O)NCCN)CC(=O)NN(CCC(=O)CCCN(CCC(=O)NCCN)CCC(=O)NCCN)CCC(=O)NCCN(CCC(=O)CCCN)CCC(=O)NCCN. The smallest absolute Gasteiger partial charge is 0.248 e. The molecule has 29 N–H and O–H groups in total. The molecule has 43 nitrogen and oxygen atoms in total. The van der Waals surface area contributed by atoms with E-state index in [9.17, 15) is 71.9 Å². The first-order valence-electron chi connectivity index (χ1n) is 40.6. The highest BCUT2D eigenvalue weighted by atomic mass is 16.2. The Labute approximate surface area is 678 Å². The van der Waals surface area contributed by atoms with Gasteiger partial charge in [-0.1, -0.05) is 6.92 Å². The molecule has 0 aromatic heterocycles. The second-order valence-electron chi connectivity index (χ2n) is 27.4. The third kappa shape index (κ3) is 64.7. The second-order valence-corrected chi connectivity index (χ2v) is 27.4. The highest BCUT2D eigenvalue weighted by molar-refractivity contribution is 5.83. The van der Waals surface area contributed by atoms with Crippen molar-refractivity contribution in [1.29, 1.82) is 0 Å². The molecule has 0 saturated heterocycles. The first kappa shape index (κ1) is 107. The number of ketones is 2. The first-order valence-corrected chi connectivity index (χ1v) is 40.6. The van der Waals surface area contributed by atoms with Gasteiger partial charge in [-0.25, -0.2) is 5.01 Å². The molecule has 0 aliphatic heterocycles. The molecule has 0 aromatic carbocycles. The van der Waals surface area contributed by atoms with E-state index in [1.807, 2.05) is 19.6 Å². The molecule has 0 atom stereocenters. The molecule has 0 spiro atoms. The Morgan fingerprint density at radius 2 is 0.452 bits per heavy atom. The van der Waals surface area contributed by atoms with Crippen LogP contribution in [0.25, 0.3) is 0 Å². The van der Waals surface area contributed by atoms with Gasteiger partial charge >= 0.3 is 0 Å². The number of hydrazine groups is 1. The zero-order valence-corrected chi connectivity index (χ0v) is 68.5. The minimum Gasteiger partial charge on any atom is -0.355 e. The van der Waals surface area contributed by atoms with Crippen LogP contribution >= 0.6 is 0 Å². The van der Waals surface area contributed by atoms with Crippen LogP contribution in [-0.4, -0.2) is 372 Å². The number of carbonyl (C=O) groups excluding carboxylic acids is 15. The van der Waals surface area contributed by atoms with E-state index in [4.69, 9.17) is 45.9 Å². The summed E-state index contributed by atoms with van der Waals surface area (Å²) >= 11 is 0. The van der Waals surface area contributed by atoms with E-state index < -0.39 is 42.6 Å². The van der Waals surface area contributed by atoms with Crippen LogP contribution in [0.1, 0.15) is 122 Å². The van der Waals surface area contributed by atoms with E-state index in [0.717, 1.165) is 0 Å². The number of amides is 13. The van der Waals surface area contributed by atoms with Crippen molar-refractivity contribution in [2.24, 2.45) is 45.9 Å². The molecule has 0 aliphatic rings. The monoisotopic (exact) mass is 1640 g/mol. The summed E-state index contributed by atoms with van der Waals surface area (Å²) in [6.45, 7) is 8.29. The Morgan fingerprint density at radius 1 is 0.209 bits per heavy atom. The summed E-state index contributed by atoms with van der Waals surface area (Å²) in [5, 5.41) is 34.6. The molecule has 0 saturated carbocycles. The fourth-order valence-electron chi connectivity index (χ4n) is 11.0.